The van der Waals surface area contributed by atoms with Crippen molar-refractivity contribution < 1.29 is 5.11 Å². The number of likely N-dealkylation sites (tertiary alicyclic amines) is 1. The van der Waals surface area contributed by atoms with Crippen LogP contribution in [-0.2, 0) is 0 Å². The van der Waals surface area contributed by atoms with Crippen LogP contribution in [0.15, 0.2) is 0 Å². The molecule has 0 aromatic rings. The van der Waals surface area contributed by atoms with Crippen molar-refractivity contribution in [3.05, 3.63) is 0 Å². The van der Waals surface area contributed by atoms with E-state index in [2.05, 4.69) is 18.7 Å². The highest BCUT2D eigenvalue weighted by atomic mass is 16.3. The maximum absolute atomic E-state index is 9.41. The van der Waals surface area contributed by atoms with E-state index < -0.39 is 0 Å². The summed E-state index contributed by atoms with van der Waals surface area (Å²) >= 11 is 0. The van der Waals surface area contributed by atoms with Crippen molar-refractivity contribution in [3.8, 4) is 0 Å². The van der Waals surface area contributed by atoms with Crippen molar-refractivity contribution in [2.75, 3.05) is 26.2 Å². The lowest BCUT2D eigenvalue weighted by Crippen LogP contribution is -2.38. The van der Waals surface area contributed by atoms with Crippen LogP contribution in [0.25, 0.3) is 0 Å². The molecule has 1 heterocycles. The molecule has 1 rings (SSSR count). The van der Waals surface area contributed by atoms with Gasteiger partial charge in [-0.25, -0.2) is 0 Å². The number of nitrogens with zero attached hydrogens (tertiary/aromatic N) is 1. The van der Waals surface area contributed by atoms with Crippen molar-refractivity contribution in [1.82, 2.24) is 4.90 Å². The first kappa shape index (κ1) is 11.0. The normalized spacial score (nSPS) is 19.6. The van der Waals surface area contributed by atoms with Crippen molar-refractivity contribution in [2.45, 2.75) is 39.5 Å². The van der Waals surface area contributed by atoms with Crippen LogP contribution in [0.5, 0.6) is 0 Å². The number of hydrogen-bond acceptors (Lipinski definition) is 2. The van der Waals surface area contributed by atoms with Crippen LogP contribution in [0.1, 0.15) is 39.5 Å². The van der Waals surface area contributed by atoms with Gasteiger partial charge >= 0.3 is 0 Å². The lowest BCUT2D eigenvalue weighted by Gasteiger charge is -2.33. The molecule has 1 aliphatic heterocycles. The summed E-state index contributed by atoms with van der Waals surface area (Å²) in [6.07, 6.45) is 4.87. The first-order valence-corrected chi connectivity index (χ1v) is 5.59. The van der Waals surface area contributed by atoms with Crippen LogP contribution in [0, 0.1) is 5.41 Å². The third-order valence-electron chi connectivity index (χ3n) is 3.59. The molecule has 13 heavy (non-hydrogen) atoms. The lowest BCUT2D eigenvalue weighted by atomic mass is 9.83. The molecule has 0 radical (unpaired) electrons. The van der Waals surface area contributed by atoms with Gasteiger partial charge in [0.15, 0.2) is 0 Å². The predicted molar refractivity (Wildman–Crippen MR) is 55.8 cm³/mol. The Labute approximate surface area is 81.9 Å². The maximum Gasteiger partial charge on any atom is 0.0499 e. The van der Waals surface area contributed by atoms with Gasteiger partial charge in [-0.05, 0) is 38.8 Å². The third kappa shape index (κ3) is 2.68. The molecule has 78 valence electrons. The maximum atomic E-state index is 9.41. The van der Waals surface area contributed by atoms with Gasteiger partial charge in [0.25, 0.3) is 0 Å². The van der Waals surface area contributed by atoms with Crippen molar-refractivity contribution in [1.29, 1.82) is 0 Å². The Hall–Kier alpha value is -0.0800. The average molecular weight is 185 g/mol. The Bertz CT molecular complexity index is 129. The topological polar surface area (TPSA) is 23.5 Å². The Morgan fingerprint density at radius 1 is 1.15 bits per heavy atom. The summed E-state index contributed by atoms with van der Waals surface area (Å²) in [5.74, 6) is 0. The first-order chi connectivity index (χ1) is 6.26. The van der Waals surface area contributed by atoms with Crippen LogP contribution in [0.3, 0.4) is 0 Å². The quantitative estimate of drug-likeness (QED) is 0.707. The second-order valence-corrected chi connectivity index (χ2v) is 4.35. The molecule has 0 bridgehead atoms. The van der Waals surface area contributed by atoms with Crippen molar-refractivity contribution in [2.24, 2.45) is 5.41 Å². The zero-order valence-corrected chi connectivity index (χ0v) is 9.05. The van der Waals surface area contributed by atoms with E-state index in [0.717, 1.165) is 19.4 Å². The molecule has 2 nitrogen and oxygen atoms in total. The first-order valence-electron chi connectivity index (χ1n) is 5.59. The molecule has 0 atom stereocenters. The Morgan fingerprint density at radius 2 is 1.69 bits per heavy atom. The van der Waals surface area contributed by atoms with Crippen LogP contribution >= 0.6 is 0 Å². The van der Waals surface area contributed by atoms with E-state index in [1.807, 2.05) is 0 Å². The number of rotatable bonds is 5. The fourth-order valence-electron chi connectivity index (χ4n) is 2.16. The highest BCUT2D eigenvalue weighted by Gasteiger charge is 2.28. The molecule has 0 unspecified atom stereocenters. The Kier molecular flexibility index (Phi) is 4.20. The third-order valence-corrected chi connectivity index (χ3v) is 3.59. The zero-order valence-electron chi connectivity index (χ0n) is 9.05. The summed E-state index contributed by atoms with van der Waals surface area (Å²) in [6.45, 7) is 8.29. The van der Waals surface area contributed by atoms with Crippen LogP contribution in [0.2, 0.25) is 0 Å². The monoisotopic (exact) mass is 185 g/mol. The van der Waals surface area contributed by atoms with Gasteiger partial charge in [-0.1, -0.05) is 13.8 Å². The number of hydrogen-bond donors (Lipinski definition) is 1. The highest BCUT2D eigenvalue weighted by Crippen LogP contribution is 2.28. The Morgan fingerprint density at radius 3 is 2.08 bits per heavy atom. The molecule has 0 aromatic carbocycles. The van der Waals surface area contributed by atoms with Gasteiger partial charge in [-0.15, -0.1) is 0 Å². The molecule has 0 saturated carbocycles. The largest absolute Gasteiger partial charge is 0.396 e. The second-order valence-electron chi connectivity index (χ2n) is 4.35. The summed E-state index contributed by atoms with van der Waals surface area (Å²) in [6, 6.07) is 0. The minimum absolute atomic E-state index is 0.171. The van der Waals surface area contributed by atoms with Gasteiger partial charge in [0, 0.05) is 18.6 Å². The second kappa shape index (κ2) is 4.97. The lowest BCUT2D eigenvalue weighted by molar-refractivity contribution is 0.0749. The van der Waals surface area contributed by atoms with Gasteiger partial charge < -0.3 is 10.0 Å². The van der Waals surface area contributed by atoms with Gasteiger partial charge in [0.1, 0.15) is 0 Å². The molecule has 1 fully saturated rings. The average Bonchev–Trinajstić information content (AvgIpc) is 2.67. The van der Waals surface area contributed by atoms with Crippen molar-refractivity contribution >= 4 is 0 Å². The van der Waals surface area contributed by atoms with E-state index in [4.69, 9.17) is 0 Å². The summed E-state index contributed by atoms with van der Waals surface area (Å²) in [5.41, 5.74) is 0.171. The molecular formula is C11H23NO. The standard InChI is InChI=1S/C11H23NO/c1-3-11(4-2,10-13)9-12-7-5-6-8-12/h13H,3-10H2,1-2H3. The van der Waals surface area contributed by atoms with E-state index in [1.165, 1.54) is 25.9 Å². The minimum Gasteiger partial charge on any atom is -0.396 e. The predicted octanol–water partition coefficient (Wildman–Crippen LogP) is 1.88. The van der Waals surface area contributed by atoms with Crippen LogP contribution in [-0.4, -0.2) is 36.2 Å². The molecule has 1 N–H and O–H groups in total. The zero-order chi connectivity index (χ0) is 9.73. The minimum atomic E-state index is 0.171. The fourth-order valence-corrected chi connectivity index (χ4v) is 2.16. The van der Waals surface area contributed by atoms with Crippen LogP contribution in [0.4, 0.5) is 0 Å². The SMILES string of the molecule is CCC(CC)(CO)CN1CCCC1. The molecule has 0 spiro atoms. The van der Waals surface area contributed by atoms with E-state index in [-0.39, 0.29) is 5.41 Å². The van der Waals surface area contributed by atoms with Gasteiger partial charge in [-0.2, -0.15) is 0 Å². The van der Waals surface area contributed by atoms with E-state index in [9.17, 15) is 5.11 Å². The fraction of sp³-hybridized carbons (Fsp3) is 1.00. The number of aliphatic hydroxyl groups excluding tert-OH is 1. The molecule has 1 saturated heterocycles. The molecule has 1 aliphatic rings. The summed E-state index contributed by atoms with van der Waals surface area (Å²) in [4.78, 5) is 2.50. The van der Waals surface area contributed by atoms with Crippen LogP contribution < -0.4 is 0 Å². The molecule has 0 aromatic heterocycles. The van der Waals surface area contributed by atoms with Gasteiger partial charge in [0.05, 0.1) is 0 Å². The molecule has 0 aliphatic carbocycles. The smallest absolute Gasteiger partial charge is 0.0499 e. The molecular weight excluding hydrogens is 162 g/mol. The van der Waals surface area contributed by atoms with E-state index >= 15 is 0 Å². The summed E-state index contributed by atoms with van der Waals surface area (Å²) in [5, 5.41) is 9.41. The van der Waals surface area contributed by atoms with Gasteiger partial charge in [-0.3, -0.25) is 0 Å². The highest BCUT2D eigenvalue weighted by molar-refractivity contribution is 4.81. The Balaban J connectivity index is 2.44. The van der Waals surface area contributed by atoms with Crippen molar-refractivity contribution in [3.63, 3.8) is 0 Å². The van der Waals surface area contributed by atoms with Gasteiger partial charge in [0.2, 0.25) is 0 Å². The van der Waals surface area contributed by atoms with E-state index in [0.29, 0.717) is 6.61 Å². The molecule has 2 heteroatoms. The van der Waals surface area contributed by atoms with E-state index in [1.54, 1.807) is 0 Å². The number of aliphatic hydroxyl groups is 1. The summed E-state index contributed by atoms with van der Waals surface area (Å²) in [7, 11) is 0. The molecule has 0 amide bonds. The summed E-state index contributed by atoms with van der Waals surface area (Å²) < 4.78 is 0.